The fraction of sp³-hybridized carbons (Fsp3) is 0.455. The van der Waals surface area contributed by atoms with E-state index in [0.29, 0.717) is 0 Å². The standard InChI is InChI=1S/C22H28N6O2/c1-22(2,3)28(21(29)30-4)15-10-13-27(14-11-15)20-17-8-6-5-7-16(17)19(25-26-20)18-9-12-23-24-18/h5-9,12,15H,10-11,13-14H2,1-4H3,(H,23,24). The van der Waals surface area contributed by atoms with Gasteiger partial charge >= 0.3 is 6.09 Å². The minimum atomic E-state index is -0.293. The second-order valence-electron chi connectivity index (χ2n) is 8.62. The molecule has 0 aliphatic carbocycles. The Morgan fingerprint density at radius 3 is 2.43 bits per heavy atom. The van der Waals surface area contributed by atoms with Gasteiger partial charge in [-0.25, -0.2) is 4.79 Å². The second-order valence-corrected chi connectivity index (χ2v) is 8.62. The lowest BCUT2D eigenvalue weighted by molar-refractivity contribution is 0.0492. The molecule has 8 heteroatoms. The summed E-state index contributed by atoms with van der Waals surface area (Å²) < 4.78 is 5.05. The summed E-state index contributed by atoms with van der Waals surface area (Å²) >= 11 is 0. The lowest BCUT2D eigenvalue weighted by Crippen LogP contribution is -2.55. The molecule has 0 spiro atoms. The molecular weight excluding hydrogens is 380 g/mol. The summed E-state index contributed by atoms with van der Waals surface area (Å²) in [6, 6.07) is 10.2. The zero-order chi connectivity index (χ0) is 21.3. The number of fused-ring (bicyclic) bond motifs is 1. The van der Waals surface area contributed by atoms with E-state index in [2.05, 4.69) is 37.4 Å². The molecule has 2 aromatic heterocycles. The van der Waals surface area contributed by atoms with Gasteiger partial charge < -0.3 is 14.5 Å². The topological polar surface area (TPSA) is 87.2 Å². The fourth-order valence-electron chi connectivity index (χ4n) is 4.31. The highest BCUT2D eigenvalue weighted by atomic mass is 16.5. The quantitative estimate of drug-likeness (QED) is 0.708. The van der Waals surface area contributed by atoms with E-state index in [1.165, 1.54) is 7.11 Å². The van der Waals surface area contributed by atoms with Crippen LogP contribution in [0.5, 0.6) is 0 Å². The van der Waals surface area contributed by atoms with E-state index < -0.39 is 0 Å². The lowest BCUT2D eigenvalue weighted by atomic mass is 9.96. The van der Waals surface area contributed by atoms with Crippen LogP contribution >= 0.6 is 0 Å². The van der Waals surface area contributed by atoms with E-state index in [1.54, 1.807) is 6.20 Å². The zero-order valence-electron chi connectivity index (χ0n) is 17.9. The summed E-state index contributed by atoms with van der Waals surface area (Å²) in [5, 5.41) is 18.2. The van der Waals surface area contributed by atoms with Crippen molar-refractivity contribution in [1.82, 2.24) is 25.3 Å². The highest BCUT2D eigenvalue weighted by molar-refractivity contribution is 5.99. The lowest BCUT2D eigenvalue weighted by Gasteiger charge is -2.44. The summed E-state index contributed by atoms with van der Waals surface area (Å²) in [5.41, 5.74) is 1.35. The van der Waals surface area contributed by atoms with Crippen LogP contribution in [0.1, 0.15) is 33.6 Å². The number of rotatable bonds is 3. The van der Waals surface area contributed by atoms with Crippen molar-refractivity contribution >= 4 is 22.7 Å². The monoisotopic (exact) mass is 408 g/mol. The maximum absolute atomic E-state index is 12.4. The summed E-state index contributed by atoms with van der Waals surface area (Å²) in [4.78, 5) is 16.5. The van der Waals surface area contributed by atoms with Crippen molar-refractivity contribution in [3.63, 3.8) is 0 Å². The maximum atomic E-state index is 12.4. The molecule has 1 fully saturated rings. The SMILES string of the molecule is COC(=O)N(C1CCN(c2nnc(-c3ccn[nH]3)c3ccccc23)CC1)C(C)(C)C. The average molecular weight is 409 g/mol. The first-order valence-corrected chi connectivity index (χ1v) is 10.3. The minimum Gasteiger partial charge on any atom is -0.453 e. The zero-order valence-corrected chi connectivity index (χ0v) is 17.9. The fourth-order valence-corrected chi connectivity index (χ4v) is 4.31. The van der Waals surface area contributed by atoms with E-state index in [-0.39, 0.29) is 17.7 Å². The first kappa shape index (κ1) is 20.1. The molecule has 3 aromatic rings. The number of carbonyl (C=O) groups is 1. The Kier molecular flexibility index (Phi) is 5.32. The molecule has 3 heterocycles. The number of H-pyrrole nitrogens is 1. The Bertz CT molecular complexity index is 1020. The summed E-state index contributed by atoms with van der Waals surface area (Å²) in [6.45, 7) is 7.74. The van der Waals surface area contributed by atoms with Crippen LogP contribution in [0, 0.1) is 0 Å². The molecule has 158 valence electrons. The van der Waals surface area contributed by atoms with Gasteiger partial charge in [-0.1, -0.05) is 24.3 Å². The van der Waals surface area contributed by atoms with Crippen LogP contribution in [0.25, 0.3) is 22.2 Å². The Labute approximate surface area is 176 Å². The van der Waals surface area contributed by atoms with Gasteiger partial charge in [-0.05, 0) is 39.7 Å². The summed E-state index contributed by atoms with van der Waals surface area (Å²) in [7, 11) is 1.44. The smallest absolute Gasteiger partial charge is 0.410 e. The Balaban J connectivity index is 1.60. The third-order valence-corrected chi connectivity index (χ3v) is 5.65. The number of piperidine rings is 1. The van der Waals surface area contributed by atoms with Crippen molar-refractivity contribution in [2.24, 2.45) is 0 Å². The largest absolute Gasteiger partial charge is 0.453 e. The van der Waals surface area contributed by atoms with Crippen LogP contribution in [-0.2, 0) is 4.74 Å². The third-order valence-electron chi connectivity index (χ3n) is 5.65. The first-order chi connectivity index (χ1) is 14.4. The molecule has 1 aliphatic heterocycles. The molecule has 30 heavy (non-hydrogen) atoms. The van der Waals surface area contributed by atoms with Gasteiger partial charge in [0.25, 0.3) is 0 Å². The van der Waals surface area contributed by atoms with Gasteiger partial charge in [-0.15, -0.1) is 10.2 Å². The number of amides is 1. The van der Waals surface area contributed by atoms with Gasteiger partial charge in [0, 0.05) is 41.6 Å². The number of carbonyl (C=O) groups excluding carboxylic acids is 1. The number of aromatic nitrogens is 4. The van der Waals surface area contributed by atoms with Gasteiger partial charge in [0.05, 0.1) is 12.8 Å². The van der Waals surface area contributed by atoms with Gasteiger partial charge in [0.1, 0.15) is 5.69 Å². The normalized spacial score (nSPS) is 15.4. The maximum Gasteiger partial charge on any atom is 0.410 e. The molecule has 1 aliphatic rings. The van der Waals surface area contributed by atoms with Crippen molar-refractivity contribution in [3.05, 3.63) is 36.5 Å². The molecule has 1 N–H and O–H groups in total. The highest BCUT2D eigenvalue weighted by Crippen LogP contribution is 2.33. The number of nitrogens with zero attached hydrogens (tertiary/aromatic N) is 5. The molecule has 1 aromatic carbocycles. The molecule has 8 nitrogen and oxygen atoms in total. The van der Waals surface area contributed by atoms with Crippen LogP contribution in [-0.4, -0.2) is 63.2 Å². The molecule has 4 rings (SSSR count). The van der Waals surface area contributed by atoms with Crippen LogP contribution in [0.2, 0.25) is 0 Å². The Morgan fingerprint density at radius 1 is 1.13 bits per heavy atom. The predicted octanol–water partition coefficient (Wildman–Crippen LogP) is 3.86. The molecule has 0 radical (unpaired) electrons. The van der Waals surface area contributed by atoms with Crippen molar-refractivity contribution in [1.29, 1.82) is 0 Å². The molecular formula is C22H28N6O2. The van der Waals surface area contributed by atoms with Crippen LogP contribution in [0.15, 0.2) is 36.5 Å². The van der Waals surface area contributed by atoms with E-state index in [0.717, 1.165) is 53.9 Å². The predicted molar refractivity (Wildman–Crippen MR) is 116 cm³/mol. The van der Waals surface area contributed by atoms with Gasteiger partial charge in [-0.3, -0.25) is 5.10 Å². The first-order valence-electron chi connectivity index (χ1n) is 10.3. The molecule has 0 bridgehead atoms. The van der Waals surface area contributed by atoms with E-state index in [4.69, 9.17) is 4.74 Å². The van der Waals surface area contributed by atoms with Crippen molar-refractivity contribution in [3.8, 4) is 11.4 Å². The van der Waals surface area contributed by atoms with Crippen LogP contribution in [0.3, 0.4) is 0 Å². The minimum absolute atomic E-state index is 0.136. The van der Waals surface area contributed by atoms with Gasteiger partial charge in [0.15, 0.2) is 5.82 Å². The number of nitrogens with one attached hydrogen (secondary N) is 1. The number of methoxy groups -OCH3 is 1. The van der Waals surface area contributed by atoms with Crippen LogP contribution < -0.4 is 4.90 Å². The number of ether oxygens (including phenoxy) is 1. The number of benzene rings is 1. The summed E-state index contributed by atoms with van der Waals surface area (Å²) in [6.07, 6.45) is 3.15. The number of anilines is 1. The molecule has 0 unspecified atom stereocenters. The average Bonchev–Trinajstić information content (AvgIpc) is 3.27. The summed E-state index contributed by atoms with van der Waals surface area (Å²) in [5.74, 6) is 0.882. The van der Waals surface area contributed by atoms with Gasteiger partial charge in [0.2, 0.25) is 0 Å². The Hall–Kier alpha value is -3.16. The van der Waals surface area contributed by atoms with E-state index >= 15 is 0 Å². The molecule has 1 saturated heterocycles. The highest BCUT2D eigenvalue weighted by Gasteiger charge is 2.36. The van der Waals surface area contributed by atoms with Crippen molar-refractivity contribution < 1.29 is 9.53 Å². The van der Waals surface area contributed by atoms with Crippen molar-refractivity contribution in [2.45, 2.75) is 45.2 Å². The molecule has 0 atom stereocenters. The van der Waals surface area contributed by atoms with E-state index in [9.17, 15) is 4.79 Å². The second kappa shape index (κ2) is 7.93. The Morgan fingerprint density at radius 2 is 1.83 bits per heavy atom. The van der Waals surface area contributed by atoms with E-state index in [1.807, 2.05) is 43.9 Å². The number of aromatic amines is 1. The third kappa shape index (κ3) is 3.69. The van der Waals surface area contributed by atoms with Gasteiger partial charge in [-0.2, -0.15) is 5.10 Å². The number of hydrogen-bond acceptors (Lipinski definition) is 6. The van der Waals surface area contributed by atoms with Crippen LogP contribution in [0.4, 0.5) is 10.6 Å². The van der Waals surface area contributed by atoms with Crippen molar-refractivity contribution in [2.75, 3.05) is 25.1 Å². The molecule has 0 saturated carbocycles. The number of hydrogen-bond donors (Lipinski definition) is 1. The molecule has 1 amide bonds.